The number of fused-ring (bicyclic) bond motifs is 3. The summed E-state index contributed by atoms with van der Waals surface area (Å²) in [7, 11) is 0. The minimum atomic E-state index is 0.686. The van der Waals surface area contributed by atoms with Crippen LogP contribution in [-0.4, -0.2) is 34.5 Å². The van der Waals surface area contributed by atoms with Crippen LogP contribution in [0.3, 0.4) is 0 Å². The maximum atomic E-state index is 4.84. The number of hydrogen-bond acceptors (Lipinski definition) is 5. The molecule has 0 aliphatic heterocycles. The molecule has 0 saturated heterocycles. The lowest BCUT2D eigenvalue weighted by atomic mass is 10.1. The Labute approximate surface area is 158 Å². The van der Waals surface area contributed by atoms with Crippen LogP contribution in [0.5, 0.6) is 0 Å². The van der Waals surface area contributed by atoms with E-state index in [-0.39, 0.29) is 0 Å². The third kappa shape index (κ3) is 2.32. The molecule has 0 spiro atoms. The van der Waals surface area contributed by atoms with Gasteiger partial charge in [-0.3, -0.25) is 5.10 Å². The summed E-state index contributed by atoms with van der Waals surface area (Å²) < 4.78 is 1.97. The van der Waals surface area contributed by atoms with Crippen molar-refractivity contribution in [3.63, 3.8) is 0 Å². The summed E-state index contributed by atoms with van der Waals surface area (Å²) in [5.41, 5.74) is 6.38. The van der Waals surface area contributed by atoms with Crippen LogP contribution >= 0.6 is 0 Å². The molecule has 4 heterocycles. The second-order valence-corrected chi connectivity index (χ2v) is 6.56. The van der Waals surface area contributed by atoms with Crippen LogP contribution in [0.1, 0.15) is 0 Å². The van der Waals surface area contributed by atoms with E-state index in [1.54, 1.807) is 18.7 Å². The molecular weight excluding hydrogens is 352 g/mol. The highest BCUT2D eigenvalue weighted by molar-refractivity contribution is 5.85. The maximum absolute atomic E-state index is 4.84. The molecule has 0 fully saturated rings. The molecule has 0 bridgehead atoms. The Hall–Kier alpha value is -4.20. The largest absolute Gasteiger partial charge is 0.345 e. The molecular formula is C20H14N8. The molecule has 8 nitrogen and oxygen atoms in total. The van der Waals surface area contributed by atoms with Gasteiger partial charge in [-0.25, -0.2) is 15.0 Å². The van der Waals surface area contributed by atoms with Crippen LogP contribution in [0.15, 0.2) is 67.5 Å². The number of rotatable bonds is 3. The fraction of sp³-hybridized carbons (Fsp3) is 0. The SMILES string of the molecule is c1cn2cc(-c3ccc4nc[nH]c4c3)nc(Nc3ccc4cn[nH]c4c3)c2n1. The fourth-order valence-corrected chi connectivity index (χ4v) is 3.40. The first-order valence-corrected chi connectivity index (χ1v) is 8.81. The standard InChI is InChI=1S/C20H14N8/c1-3-14(8-16-13(1)9-24-27-16)25-19-20-21-5-6-28(20)10-18(26-19)12-2-4-15-17(7-12)23-11-22-15/h1-11H,(H,22,23)(H,24,27)(H,25,26). The first kappa shape index (κ1) is 14.9. The third-order valence-corrected chi connectivity index (χ3v) is 4.79. The lowest BCUT2D eigenvalue weighted by Crippen LogP contribution is -2.00. The summed E-state index contributed by atoms with van der Waals surface area (Å²) in [6.45, 7) is 0. The van der Waals surface area contributed by atoms with Gasteiger partial charge in [0.25, 0.3) is 0 Å². The molecule has 6 aromatic rings. The number of nitrogens with zero attached hydrogens (tertiary/aromatic N) is 5. The highest BCUT2D eigenvalue weighted by Gasteiger charge is 2.11. The summed E-state index contributed by atoms with van der Waals surface area (Å²) in [6.07, 6.45) is 9.15. The average Bonchev–Trinajstić information content (AvgIpc) is 3.46. The molecule has 0 radical (unpaired) electrons. The lowest BCUT2D eigenvalue weighted by Gasteiger charge is -2.10. The second kappa shape index (κ2) is 5.65. The summed E-state index contributed by atoms with van der Waals surface area (Å²) in [5.74, 6) is 0.686. The molecule has 8 heteroatoms. The third-order valence-electron chi connectivity index (χ3n) is 4.79. The zero-order valence-corrected chi connectivity index (χ0v) is 14.6. The van der Waals surface area contributed by atoms with Crippen molar-refractivity contribution in [3.8, 4) is 11.3 Å². The van der Waals surface area contributed by atoms with Gasteiger partial charge in [0.1, 0.15) is 0 Å². The molecule has 28 heavy (non-hydrogen) atoms. The number of anilines is 2. The van der Waals surface area contributed by atoms with Gasteiger partial charge in [0.15, 0.2) is 11.5 Å². The molecule has 0 amide bonds. The topological polar surface area (TPSA) is 99.6 Å². The van der Waals surface area contributed by atoms with Crippen LogP contribution in [0.4, 0.5) is 11.5 Å². The second-order valence-electron chi connectivity index (χ2n) is 6.56. The molecule has 4 aromatic heterocycles. The Morgan fingerprint density at radius 1 is 1.00 bits per heavy atom. The predicted octanol–water partition coefficient (Wildman–Crippen LogP) is 3.89. The van der Waals surface area contributed by atoms with E-state index in [1.165, 1.54) is 0 Å². The first-order chi connectivity index (χ1) is 13.8. The van der Waals surface area contributed by atoms with Crippen molar-refractivity contribution in [2.75, 3.05) is 5.32 Å². The van der Waals surface area contributed by atoms with Crippen LogP contribution in [0.2, 0.25) is 0 Å². The molecule has 2 aromatic carbocycles. The van der Waals surface area contributed by atoms with Gasteiger partial charge in [-0.1, -0.05) is 6.07 Å². The number of hydrogen-bond donors (Lipinski definition) is 3. The minimum Gasteiger partial charge on any atom is -0.345 e. The molecule has 0 aliphatic carbocycles. The summed E-state index contributed by atoms with van der Waals surface area (Å²) in [6, 6.07) is 12.1. The Bertz CT molecular complexity index is 1460. The van der Waals surface area contributed by atoms with E-state index in [0.29, 0.717) is 5.82 Å². The Morgan fingerprint density at radius 2 is 2.00 bits per heavy atom. The van der Waals surface area contributed by atoms with E-state index in [1.807, 2.05) is 53.2 Å². The van der Waals surface area contributed by atoms with Crippen molar-refractivity contribution in [2.24, 2.45) is 0 Å². The number of H-pyrrole nitrogens is 2. The van der Waals surface area contributed by atoms with E-state index in [9.17, 15) is 0 Å². The van der Waals surface area contributed by atoms with Crippen LogP contribution in [0.25, 0.3) is 38.8 Å². The van der Waals surface area contributed by atoms with Crippen LogP contribution < -0.4 is 5.32 Å². The highest BCUT2D eigenvalue weighted by Crippen LogP contribution is 2.27. The van der Waals surface area contributed by atoms with Gasteiger partial charge in [-0.2, -0.15) is 5.10 Å². The lowest BCUT2D eigenvalue weighted by molar-refractivity contribution is 1.12. The molecule has 0 saturated carbocycles. The first-order valence-electron chi connectivity index (χ1n) is 8.81. The van der Waals surface area contributed by atoms with Crippen molar-refractivity contribution in [1.29, 1.82) is 0 Å². The Morgan fingerprint density at radius 3 is 3.00 bits per heavy atom. The highest BCUT2D eigenvalue weighted by atomic mass is 15.1. The van der Waals surface area contributed by atoms with Gasteiger partial charge in [0.2, 0.25) is 0 Å². The number of nitrogens with one attached hydrogen (secondary N) is 3. The van der Waals surface area contributed by atoms with E-state index < -0.39 is 0 Å². The van der Waals surface area contributed by atoms with Crippen molar-refractivity contribution in [1.82, 2.24) is 34.5 Å². The number of aromatic amines is 2. The van der Waals surface area contributed by atoms with E-state index in [0.717, 1.165) is 44.5 Å². The molecule has 134 valence electrons. The summed E-state index contributed by atoms with van der Waals surface area (Å²) in [4.78, 5) is 16.7. The van der Waals surface area contributed by atoms with Gasteiger partial charge in [0.05, 0.1) is 34.8 Å². The minimum absolute atomic E-state index is 0.686. The predicted molar refractivity (Wildman–Crippen MR) is 107 cm³/mol. The Kier molecular flexibility index (Phi) is 3.01. The number of imidazole rings is 2. The van der Waals surface area contributed by atoms with Gasteiger partial charge in [0, 0.05) is 35.2 Å². The summed E-state index contributed by atoms with van der Waals surface area (Å²) >= 11 is 0. The van der Waals surface area contributed by atoms with Crippen molar-refractivity contribution in [3.05, 3.63) is 67.5 Å². The van der Waals surface area contributed by atoms with Gasteiger partial charge in [-0.05, 0) is 30.3 Å². The normalized spacial score (nSPS) is 11.6. The van der Waals surface area contributed by atoms with E-state index in [4.69, 9.17) is 4.98 Å². The van der Waals surface area contributed by atoms with Crippen LogP contribution in [-0.2, 0) is 0 Å². The zero-order chi connectivity index (χ0) is 18.5. The molecule has 0 atom stereocenters. The Balaban J connectivity index is 1.48. The van der Waals surface area contributed by atoms with E-state index >= 15 is 0 Å². The number of aromatic nitrogens is 7. The number of benzene rings is 2. The summed E-state index contributed by atoms with van der Waals surface area (Å²) in [5, 5.41) is 11.5. The average molecular weight is 366 g/mol. The smallest absolute Gasteiger partial charge is 0.180 e. The van der Waals surface area contributed by atoms with Crippen molar-refractivity contribution >= 4 is 39.1 Å². The van der Waals surface area contributed by atoms with E-state index in [2.05, 4.69) is 30.5 Å². The fourth-order valence-electron chi connectivity index (χ4n) is 3.40. The van der Waals surface area contributed by atoms with Gasteiger partial charge < -0.3 is 14.7 Å². The van der Waals surface area contributed by atoms with Crippen molar-refractivity contribution in [2.45, 2.75) is 0 Å². The molecule has 6 rings (SSSR count). The van der Waals surface area contributed by atoms with Gasteiger partial charge in [-0.15, -0.1) is 0 Å². The van der Waals surface area contributed by atoms with Gasteiger partial charge >= 0.3 is 0 Å². The maximum Gasteiger partial charge on any atom is 0.180 e. The zero-order valence-electron chi connectivity index (χ0n) is 14.6. The quantitative estimate of drug-likeness (QED) is 0.441. The molecule has 0 aliphatic rings. The molecule has 3 N–H and O–H groups in total. The van der Waals surface area contributed by atoms with Crippen molar-refractivity contribution < 1.29 is 0 Å². The monoisotopic (exact) mass is 366 g/mol. The molecule has 0 unspecified atom stereocenters. The van der Waals surface area contributed by atoms with Crippen LogP contribution in [0, 0.1) is 0 Å².